The van der Waals surface area contributed by atoms with Crippen molar-refractivity contribution in [2.75, 3.05) is 38.2 Å². The van der Waals surface area contributed by atoms with Gasteiger partial charge in [-0.15, -0.1) is 0 Å². The summed E-state index contributed by atoms with van der Waals surface area (Å²) in [5.41, 5.74) is 3.04. The van der Waals surface area contributed by atoms with E-state index in [1.54, 1.807) is 7.11 Å². The summed E-state index contributed by atoms with van der Waals surface area (Å²) >= 11 is 5.54. The summed E-state index contributed by atoms with van der Waals surface area (Å²) in [7, 11) is 1.62. The molecule has 5 heteroatoms. The van der Waals surface area contributed by atoms with Crippen LogP contribution in [0.3, 0.4) is 0 Å². The highest BCUT2D eigenvalue weighted by Crippen LogP contribution is 2.26. The number of halogens is 1. The van der Waals surface area contributed by atoms with E-state index in [0.717, 1.165) is 49.2 Å². The first-order valence-corrected chi connectivity index (χ1v) is 10.4. The van der Waals surface area contributed by atoms with E-state index >= 15 is 0 Å². The van der Waals surface area contributed by atoms with Crippen LogP contribution in [0, 0.1) is 11.3 Å². The molecule has 0 spiro atoms. The minimum atomic E-state index is 0.681. The number of nitrogens with zero attached hydrogens (tertiary/aromatic N) is 3. The van der Waals surface area contributed by atoms with E-state index < -0.39 is 0 Å². The topological polar surface area (TPSA) is 39.5 Å². The normalized spacial score (nSPS) is 13.7. The smallest absolute Gasteiger partial charge is 0.120 e. The van der Waals surface area contributed by atoms with E-state index in [0.29, 0.717) is 5.56 Å². The molecule has 1 heterocycles. The number of rotatable bonds is 4. The Morgan fingerprint density at radius 3 is 2.07 bits per heavy atom. The second-order valence-corrected chi connectivity index (χ2v) is 7.48. The molecule has 1 aliphatic heterocycles. The lowest BCUT2D eigenvalue weighted by Crippen LogP contribution is -2.46. The third-order valence-corrected chi connectivity index (χ3v) is 5.27. The molecule has 1 aliphatic rings. The molecule has 3 aromatic rings. The Balaban J connectivity index is 0.000000310. The lowest BCUT2D eigenvalue weighted by molar-refractivity contribution is 0.250. The maximum absolute atomic E-state index is 9.37. The van der Waals surface area contributed by atoms with Gasteiger partial charge in [-0.2, -0.15) is 5.26 Å². The summed E-state index contributed by atoms with van der Waals surface area (Å²) in [6, 6.07) is 28.0. The molecular weight excluding hydrogens is 394 g/mol. The maximum Gasteiger partial charge on any atom is 0.120 e. The standard InChI is InChI=1S/C19H21N3O.C6H5Cl/c1-23-18-7-8-19(17(13-18)14-20)22-11-9-21(10-12-22)15-16-5-3-2-4-6-16;7-6-4-2-1-3-5-6/h2-8,13H,9-12,15H2,1H3;1-5H. The lowest BCUT2D eigenvalue weighted by atomic mass is 10.1. The van der Waals surface area contributed by atoms with Crippen molar-refractivity contribution in [3.63, 3.8) is 0 Å². The van der Waals surface area contributed by atoms with E-state index in [1.807, 2.05) is 48.5 Å². The maximum atomic E-state index is 9.37. The number of nitriles is 1. The Bertz CT molecular complexity index is 949. The molecular formula is C25H26ClN3O. The van der Waals surface area contributed by atoms with E-state index in [2.05, 4.69) is 46.2 Å². The van der Waals surface area contributed by atoms with Gasteiger partial charge in [0.2, 0.25) is 0 Å². The van der Waals surface area contributed by atoms with Crippen molar-refractivity contribution >= 4 is 17.3 Å². The van der Waals surface area contributed by atoms with Gasteiger partial charge < -0.3 is 9.64 Å². The minimum absolute atomic E-state index is 0.681. The molecule has 30 heavy (non-hydrogen) atoms. The van der Waals surface area contributed by atoms with Crippen molar-refractivity contribution in [1.29, 1.82) is 5.26 Å². The molecule has 4 rings (SSSR count). The largest absolute Gasteiger partial charge is 0.497 e. The van der Waals surface area contributed by atoms with Gasteiger partial charge in [0.05, 0.1) is 18.4 Å². The fraction of sp³-hybridized carbons (Fsp3) is 0.240. The molecule has 0 unspecified atom stereocenters. The van der Waals surface area contributed by atoms with E-state index in [1.165, 1.54) is 5.56 Å². The summed E-state index contributed by atoms with van der Waals surface area (Å²) in [6.07, 6.45) is 0. The molecule has 0 radical (unpaired) electrons. The number of anilines is 1. The predicted molar refractivity (Wildman–Crippen MR) is 123 cm³/mol. The van der Waals surface area contributed by atoms with Gasteiger partial charge >= 0.3 is 0 Å². The molecule has 0 N–H and O–H groups in total. The van der Waals surface area contributed by atoms with Gasteiger partial charge in [-0.05, 0) is 35.9 Å². The summed E-state index contributed by atoms with van der Waals surface area (Å²) in [5, 5.41) is 10.2. The Morgan fingerprint density at radius 1 is 0.900 bits per heavy atom. The minimum Gasteiger partial charge on any atom is -0.497 e. The highest BCUT2D eigenvalue weighted by Gasteiger charge is 2.19. The number of methoxy groups -OCH3 is 1. The Morgan fingerprint density at radius 2 is 1.53 bits per heavy atom. The van der Waals surface area contributed by atoms with Crippen molar-refractivity contribution in [2.24, 2.45) is 0 Å². The molecule has 1 saturated heterocycles. The van der Waals surface area contributed by atoms with Gasteiger partial charge in [0, 0.05) is 37.7 Å². The van der Waals surface area contributed by atoms with Gasteiger partial charge in [0.15, 0.2) is 0 Å². The van der Waals surface area contributed by atoms with E-state index in [-0.39, 0.29) is 0 Å². The van der Waals surface area contributed by atoms with E-state index in [4.69, 9.17) is 16.3 Å². The van der Waals surface area contributed by atoms with Crippen LogP contribution in [-0.4, -0.2) is 38.2 Å². The van der Waals surface area contributed by atoms with Crippen LogP contribution in [0.2, 0.25) is 5.02 Å². The lowest BCUT2D eigenvalue weighted by Gasteiger charge is -2.36. The van der Waals surface area contributed by atoms with Gasteiger partial charge in [0.25, 0.3) is 0 Å². The van der Waals surface area contributed by atoms with Gasteiger partial charge in [-0.3, -0.25) is 4.90 Å². The van der Waals surface area contributed by atoms with Crippen LogP contribution in [0.5, 0.6) is 5.75 Å². The Kier molecular flexibility index (Phi) is 8.14. The third-order valence-electron chi connectivity index (χ3n) is 5.02. The molecule has 0 saturated carbocycles. The van der Waals surface area contributed by atoms with Crippen molar-refractivity contribution in [3.8, 4) is 11.8 Å². The number of hydrogen-bond acceptors (Lipinski definition) is 4. The van der Waals surface area contributed by atoms with Crippen molar-refractivity contribution < 1.29 is 4.74 Å². The van der Waals surface area contributed by atoms with Crippen LogP contribution < -0.4 is 9.64 Å². The molecule has 0 atom stereocenters. The molecule has 154 valence electrons. The zero-order valence-corrected chi connectivity index (χ0v) is 17.9. The average Bonchev–Trinajstić information content (AvgIpc) is 2.81. The second kappa shape index (κ2) is 11.3. The monoisotopic (exact) mass is 419 g/mol. The summed E-state index contributed by atoms with van der Waals surface area (Å²) in [4.78, 5) is 4.75. The van der Waals surface area contributed by atoms with Crippen LogP contribution in [0.25, 0.3) is 0 Å². The SMILES string of the molecule is COc1ccc(N2CCN(Cc3ccccc3)CC2)c(C#N)c1.Clc1ccccc1. The van der Waals surface area contributed by atoms with Crippen molar-refractivity contribution in [2.45, 2.75) is 6.54 Å². The molecule has 0 aromatic heterocycles. The first-order chi connectivity index (χ1) is 14.7. The van der Waals surface area contributed by atoms with Crippen molar-refractivity contribution in [3.05, 3.63) is 95.0 Å². The highest BCUT2D eigenvalue weighted by atomic mass is 35.5. The van der Waals surface area contributed by atoms with Crippen LogP contribution in [0.1, 0.15) is 11.1 Å². The van der Waals surface area contributed by atoms with Crippen LogP contribution in [0.4, 0.5) is 5.69 Å². The molecule has 0 amide bonds. The van der Waals surface area contributed by atoms with Crippen LogP contribution in [-0.2, 0) is 6.54 Å². The number of ether oxygens (including phenoxy) is 1. The van der Waals surface area contributed by atoms with Crippen LogP contribution in [0.15, 0.2) is 78.9 Å². The van der Waals surface area contributed by atoms with E-state index in [9.17, 15) is 5.26 Å². The number of benzene rings is 3. The molecule has 0 aliphatic carbocycles. The Labute approximate surface area is 183 Å². The first-order valence-electron chi connectivity index (χ1n) is 9.99. The second-order valence-electron chi connectivity index (χ2n) is 7.04. The van der Waals surface area contributed by atoms with Gasteiger partial charge in [-0.1, -0.05) is 60.1 Å². The van der Waals surface area contributed by atoms with Crippen LogP contribution >= 0.6 is 11.6 Å². The quantitative estimate of drug-likeness (QED) is 0.580. The average molecular weight is 420 g/mol. The summed E-state index contributed by atoms with van der Waals surface area (Å²) < 4.78 is 5.20. The molecule has 1 fully saturated rings. The zero-order valence-electron chi connectivity index (χ0n) is 17.2. The number of hydrogen-bond donors (Lipinski definition) is 0. The first kappa shape index (κ1) is 21.7. The molecule has 3 aromatic carbocycles. The number of piperazine rings is 1. The Hall–Kier alpha value is -3.00. The molecule has 4 nitrogen and oxygen atoms in total. The fourth-order valence-electron chi connectivity index (χ4n) is 3.41. The summed E-state index contributed by atoms with van der Waals surface area (Å²) in [5.74, 6) is 0.730. The predicted octanol–water partition coefficient (Wildman–Crippen LogP) is 5.23. The molecule has 0 bridgehead atoms. The zero-order chi connectivity index (χ0) is 21.2. The van der Waals surface area contributed by atoms with Gasteiger partial charge in [0.1, 0.15) is 11.8 Å². The third kappa shape index (κ3) is 6.25. The highest BCUT2D eigenvalue weighted by molar-refractivity contribution is 6.30. The summed E-state index contributed by atoms with van der Waals surface area (Å²) in [6.45, 7) is 4.88. The van der Waals surface area contributed by atoms with Crippen molar-refractivity contribution in [1.82, 2.24) is 4.90 Å². The van der Waals surface area contributed by atoms with Gasteiger partial charge in [-0.25, -0.2) is 0 Å². The fourth-order valence-corrected chi connectivity index (χ4v) is 3.56.